The van der Waals surface area contributed by atoms with Crippen LogP contribution in [-0.4, -0.2) is 52.1 Å². The van der Waals surface area contributed by atoms with E-state index in [2.05, 4.69) is 17.6 Å². The number of aromatic hydroxyl groups is 1. The number of carbonyl (C=O) groups is 3. The van der Waals surface area contributed by atoms with Crippen LogP contribution in [0.5, 0.6) is 5.75 Å². The van der Waals surface area contributed by atoms with Crippen molar-refractivity contribution in [2.45, 2.75) is 104 Å². The molecular formula is C27H43N3O5. The van der Waals surface area contributed by atoms with Gasteiger partial charge in [-0.25, -0.2) is 4.79 Å². The van der Waals surface area contributed by atoms with E-state index in [4.69, 9.17) is 4.74 Å². The van der Waals surface area contributed by atoms with Crippen LogP contribution in [0.3, 0.4) is 0 Å². The summed E-state index contributed by atoms with van der Waals surface area (Å²) in [6.07, 6.45) is 4.19. The Morgan fingerprint density at radius 2 is 1.86 bits per heavy atom. The SMILES string of the molecule is CCCCCNC(=O)C(c1cccc(O)c1)N(C(=O)C(CC(C)C)NC(=O)OC(C)(C)C)C1CC1. The number of alkyl carbamates (subject to hydrolysis) is 1. The smallest absolute Gasteiger partial charge is 0.408 e. The summed E-state index contributed by atoms with van der Waals surface area (Å²) in [5.41, 5.74) is -0.160. The van der Waals surface area contributed by atoms with Gasteiger partial charge in [0.2, 0.25) is 11.8 Å². The Balaban J connectivity index is 2.37. The van der Waals surface area contributed by atoms with E-state index in [0.29, 0.717) is 18.5 Å². The van der Waals surface area contributed by atoms with E-state index < -0.39 is 23.8 Å². The van der Waals surface area contributed by atoms with Crippen LogP contribution in [0.15, 0.2) is 24.3 Å². The van der Waals surface area contributed by atoms with Crippen LogP contribution >= 0.6 is 0 Å². The third-order valence-electron chi connectivity index (χ3n) is 5.68. The summed E-state index contributed by atoms with van der Waals surface area (Å²) in [4.78, 5) is 41.6. The van der Waals surface area contributed by atoms with Gasteiger partial charge in [0.25, 0.3) is 0 Å². The number of hydrogen-bond donors (Lipinski definition) is 3. The van der Waals surface area contributed by atoms with Crippen molar-refractivity contribution in [3.63, 3.8) is 0 Å². The molecule has 0 heterocycles. The molecule has 35 heavy (non-hydrogen) atoms. The third-order valence-corrected chi connectivity index (χ3v) is 5.68. The molecule has 0 spiro atoms. The van der Waals surface area contributed by atoms with E-state index in [-0.39, 0.29) is 29.5 Å². The topological polar surface area (TPSA) is 108 Å². The zero-order valence-corrected chi connectivity index (χ0v) is 22.1. The van der Waals surface area contributed by atoms with E-state index in [0.717, 1.165) is 32.1 Å². The standard InChI is InChI=1S/C27H43N3O5/c1-7-8-9-15-28-24(32)23(19-11-10-12-21(31)17-19)30(20-13-14-20)25(33)22(16-18(2)3)29-26(34)35-27(4,5)6/h10-12,17-18,20,22-23,31H,7-9,13-16H2,1-6H3,(H,28,32)(H,29,34). The van der Waals surface area contributed by atoms with Crippen LogP contribution in [0.2, 0.25) is 0 Å². The summed E-state index contributed by atoms with van der Waals surface area (Å²) in [7, 11) is 0. The first-order valence-corrected chi connectivity index (χ1v) is 12.8. The van der Waals surface area contributed by atoms with Crippen molar-refractivity contribution in [1.82, 2.24) is 15.5 Å². The van der Waals surface area contributed by atoms with Gasteiger partial charge in [0, 0.05) is 12.6 Å². The molecule has 3 N–H and O–H groups in total. The van der Waals surface area contributed by atoms with Crippen molar-refractivity contribution in [3.8, 4) is 5.75 Å². The lowest BCUT2D eigenvalue weighted by Gasteiger charge is -2.35. The molecule has 1 aliphatic rings. The number of nitrogens with one attached hydrogen (secondary N) is 2. The maximum atomic E-state index is 14.0. The second-order valence-corrected chi connectivity index (χ2v) is 10.8. The Kier molecular flexibility index (Phi) is 10.4. The highest BCUT2D eigenvalue weighted by atomic mass is 16.6. The zero-order valence-electron chi connectivity index (χ0n) is 22.1. The Morgan fingerprint density at radius 3 is 2.40 bits per heavy atom. The van der Waals surface area contributed by atoms with Crippen LogP contribution < -0.4 is 10.6 Å². The summed E-state index contributed by atoms with van der Waals surface area (Å²) in [5.74, 6) is -0.446. The minimum atomic E-state index is -0.904. The monoisotopic (exact) mass is 489 g/mol. The average Bonchev–Trinajstić information content (AvgIpc) is 3.57. The van der Waals surface area contributed by atoms with Gasteiger partial charge in [-0.1, -0.05) is 45.7 Å². The molecule has 8 heteroatoms. The van der Waals surface area contributed by atoms with Crippen molar-refractivity contribution in [2.75, 3.05) is 6.54 Å². The minimum Gasteiger partial charge on any atom is -0.508 e. The molecule has 0 aromatic heterocycles. The fraction of sp³-hybridized carbons (Fsp3) is 0.667. The van der Waals surface area contributed by atoms with Crippen LogP contribution in [-0.2, 0) is 14.3 Å². The van der Waals surface area contributed by atoms with E-state index in [1.54, 1.807) is 37.8 Å². The van der Waals surface area contributed by atoms with Gasteiger partial charge in [-0.2, -0.15) is 0 Å². The Morgan fingerprint density at radius 1 is 1.17 bits per heavy atom. The van der Waals surface area contributed by atoms with Crippen molar-refractivity contribution in [2.24, 2.45) is 5.92 Å². The number of amides is 3. The molecule has 0 aliphatic heterocycles. The number of hydrogen-bond acceptors (Lipinski definition) is 5. The number of phenolic OH excluding ortho intramolecular Hbond substituents is 1. The second kappa shape index (κ2) is 12.8. The van der Waals surface area contributed by atoms with Gasteiger partial charge in [-0.3, -0.25) is 9.59 Å². The minimum absolute atomic E-state index is 0.0279. The Labute approximate surface area is 209 Å². The third kappa shape index (κ3) is 9.42. The first kappa shape index (κ1) is 28.5. The van der Waals surface area contributed by atoms with Crippen molar-refractivity contribution in [3.05, 3.63) is 29.8 Å². The van der Waals surface area contributed by atoms with Crippen LogP contribution in [0.25, 0.3) is 0 Å². The number of rotatable bonds is 12. The lowest BCUT2D eigenvalue weighted by atomic mass is 9.98. The van der Waals surface area contributed by atoms with E-state index in [9.17, 15) is 19.5 Å². The predicted octanol–water partition coefficient (Wildman–Crippen LogP) is 4.67. The number of unbranched alkanes of at least 4 members (excludes halogenated alkanes) is 2. The van der Waals surface area contributed by atoms with Crippen LogP contribution in [0, 0.1) is 5.92 Å². The largest absolute Gasteiger partial charge is 0.508 e. The molecule has 0 saturated heterocycles. The molecule has 3 amide bonds. The van der Waals surface area contributed by atoms with Gasteiger partial charge < -0.3 is 25.4 Å². The second-order valence-electron chi connectivity index (χ2n) is 10.8. The summed E-state index contributed by atoms with van der Waals surface area (Å²) in [6.45, 7) is 11.9. The van der Waals surface area contributed by atoms with Gasteiger partial charge in [-0.15, -0.1) is 0 Å². The summed E-state index contributed by atoms with van der Waals surface area (Å²) in [6, 6.07) is 4.63. The number of carbonyl (C=O) groups excluding carboxylic acids is 3. The lowest BCUT2D eigenvalue weighted by Crippen LogP contribution is -2.54. The molecule has 1 aromatic carbocycles. The molecule has 0 radical (unpaired) electrons. The molecule has 196 valence electrons. The molecule has 2 atom stereocenters. The van der Waals surface area contributed by atoms with Gasteiger partial charge in [0.15, 0.2) is 0 Å². The summed E-state index contributed by atoms with van der Waals surface area (Å²) < 4.78 is 5.41. The van der Waals surface area contributed by atoms with Crippen LogP contribution in [0.1, 0.15) is 91.7 Å². The summed E-state index contributed by atoms with van der Waals surface area (Å²) in [5, 5.41) is 15.8. The molecule has 1 aliphatic carbocycles. The highest BCUT2D eigenvalue weighted by molar-refractivity contribution is 5.92. The average molecular weight is 490 g/mol. The zero-order chi connectivity index (χ0) is 26.2. The van der Waals surface area contributed by atoms with E-state index >= 15 is 0 Å². The highest BCUT2D eigenvalue weighted by Gasteiger charge is 2.44. The number of benzene rings is 1. The summed E-state index contributed by atoms with van der Waals surface area (Å²) >= 11 is 0. The normalized spacial score (nSPS) is 15.3. The fourth-order valence-electron chi connectivity index (χ4n) is 4.01. The molecule has 1 fully saturated rings. The first-order valence-electron chi connectivity index (χ1n) is 12.8. The Hall–Kier alpha value is -2.77. The van der Waals surface area contributed by atoms with Crippen molar-refractivity contribution in [1.29, 1.82) is 0 Å². The number of ether oxygens (including phenoxy) is 1. The van der Waals surface area contributed by atoms with Gasteiger partial charge in [-0.05, 0) is 70.1 Å². The molecule has 2 rings (SSSR count). The fourth-order valence-corrected chi connectivity index (χ4v) is 4.01. The predicted molar refractivity (Wildman–Crippen MR) is 136 cm³/mol. The quantitative estimate of drug-likeness (QED) is 0.370. The first-order chi connectivity index (χ1) is 16.4. The van der Waals surface area contributed by atoms with Crippen molar-refractivity contribution >= 4 is 17.9 Å². The van der Waals surface area contributed by atoms with Crippen molar-refractivity contribution < 1.29 is 24.2 Å². The van der Waals surface area contributed by atoms with E-state index in [1.807, 2.05) is 13.8 Å². The van der Waals surface area contributed by atoms with Crippen LogP contribution in [0.4, 0.5) is 4.79 Å². The van der Waals surface area contributed by atoms with Gasteiger partial charge in [0.1, 0.15) is 23.4 Å². The number of nitrogens with zero attached hydrogens (tertiary/aromatic N) is 1. The molecular weight excluding hydrogens is 446 g/mol. The molecule has 1 aromatic rings. The van der Waals surface area contributed by atoms with Gasteiger partial charge in [0.05, 0.1) is 0 Å². The number of phenols is 1. The molecule has 0 bridgehead atoms. The molecule has 1 saturated carbocycles. The van der Waals surface area contributed by atoms with E-state index in [1.165, 1.54) is 12.1 Å². The molecule has 2 unspecified atom stereocenters. The lowest BCUT2D eigenvalue weighted by molar-refractivity contribution is -0.143. The molecule has 8 nitrogen and oxygen atoms in total. The van der Waals surface area contributed by atoms with Gasteiger partial charge >= 0.3 is 6.09 Å². The highest BCUT2D eigenvalue weighted by Crippen LogP contribution is 2.36. The Bertz CT molecular complexity index is 861. The maximum Gasteiger partial charge on any atom is 0.408 e. The maximum absolute atomic E-state index is 14.0.